The summed E-state index contributed by atoms with van der Waals surface area (Å²) in [6, 6.07) is 3.95. The molecule has 2 aromatic rings. The Balaban J connectivity index is 2.35. The highest BCUT2D eigenvalue weighted by molar-refractivity contribution is 6.48. The summed E-state index contributed by atoms with van der Waals surface area (Å²) in [5, 5.41) is 1.37. The molecule has 41 heavy (non-hydrogen) atoms. The monoisotopic (exact) mass is 656 g/mol. The lowest BCUT2D eigenvalue weighted by molar-refractivity contribution is -0.149. The largest absolute Gasteiger partial charge is 0.417 e. The van der Waals surface area contributed by atoms with Crippen molar-refractivity contribution in [2.45, 2.75) is 50.4 Å². The van der Waals surface area contributed by atoms with Crippen LogP contribution in [0.15, 0.2) is 36.4 Å². The van der Waals surface area contributed by atoms with Crippen molar-refractivity contribution in [3.63, 3.8) is 0 Å². The van der Waals surface area contributed by atoms with Gasteiger partial charge in [-0.1, -0.05) is 53.0 Å². The second kappa shape index (κ2) is 13.1. The van der Waals surface area contributed by atoms with Gasteiger partial charge in [-0.05, 0) is 42.3 Å². The van der Waals surface area contributed by atoms with Crippen molar-refractivity contribution in [3.8, 4) is 0 Å². The summed E-state index contributed by atoms with van der Waals surface area (Å²) in [5.74, 6) is -4.68. The molecule has 0 aliphatic rings. The predicted molar refractivity (Wildman–Crippen MR) is 136 cm³/mol. The normalized spacial score (nSPS) is 14.2. The number of alkyl halides is 9. The van der Waals surface area contributed by atoms with Crippen LogP contribution in [0.1, 0.15) is 52.7 Å². The number of nitrogens with one attached hydrogen (secondary N) is 1. The van der Waals surface area contributed by atoms with E-state index < -0.39 is 72.0 Å². The van der Waals surface area contributed by atoms with E-state index in [0.29, 0.717) is 18.2 Å². The van der Waals surface area contributed by atoms with E-state index in [1.165, 1.54) is 6.92 Å². The first kappa shape index (κ1) is 34.6. The minimum atomic E-state index is -5.13. The highest BCUT2D eigenvalue weighted by Crippen LogP contribution is 2.41. The van der Waals surface area contributed by atoms with Crippen LogP contribution in [0, 0.1) is 0 Å². The zero-order valence-corrected chi connectivity index (χ0v) is 23.2. The van der Waals surface area contributed by atoms with Crippen molar-refractivity contribution < 1.29 is 49.1 Å². The smallest absolute Gasteiger partial charge is 0.332 e. The van der Waals surface area contributed by atoms with Crippen LogP contribution in [0.4, 0.5) is 39.5 Å². The maximum Gasteiger partial charge on any atom is 0.417 e. The molecule has 16 heteroatoms. The van der Waals surface area contributed by atoms with Gasteiger partial charge in [0, 0.05) is 13.5 Å². The maximum atomic E-state index is 13.8. The number of allylic oxidation sites excluding steroid dienone is 1. The molecule has 226 valence electrons. The van der Waals surface area contributed by atoms with Gasteiger partial charge in [0.05, 0.1) is 38.5 Å². The molecule has 2 rings (SSSR count). The molecule has 1 N–H and O–H groups in total. The summed E-state index contributed by atoms with van der Waals surface area (Å²) < 4.78 is 120. The molecule has 0 saturated heterocycles. The Kier molecular flexibility index (Phi) is 11.1. The van der Waals surface area contributed by atoms with Crippen LogP contribution in [0.3, 0.4) is 0 Å². The third-order valence-electron chi connectivity index (χ3n) is 5.73. The molecule has 0 spiro atoms. The van der Waals surface area contributed by atoms with E-state index in [0.717, 1.165) is 36.2 Å². The molecule has 0 bridgehead atoms. The molecule has 0 aliphatic carbocycles. The van der Waals surface area contributed by atoms with Gasteiger partial charge in [-0.25, -0.2) is 0 Å². The summed E-state index contributed by atoms with van der Waals surface area (Å²) >= 11 is 17.4. The third-order valence-corrected chi connectivity index (χ3v) is 6.93. The first-order valence-corrected chi connectivity index (χ1v) is 12.5. The minimum absolute atomic E-state index is 0.183. The molecule has 2 aromatic carbocycles. The molecule has 2 atom stereocenters. The zero-order chi connectivity index (χ0) is 31.5. The van der Waals surface area contributed by atoms with Crippen LogP contribution in [0.25, 0.3) is 6.08 Å². The molecule has 0 saturated carbocycles. The summed E-state index contributed by atoms with van der Waals surface area (Å²) in [6.07, 6.45) is -17.0. The van der Waals surface area contributed by atoms with Crippen molar-refractivity contribution in [3.05, 3.63) is 73.7 Å². The first-order valence-electron chi connectivity index (χ1n) is 11.4. The van der Waals surface area contributed by atoms with Gasteiger partial charge in [-0.2, -0.15) is 39.5 Å². The molecule has 4 nitrogen and oxygen atoms in total. The number of hydrogen-bond donors (Lipinski definition) is 1. The average Bonchev–Trinajstić information content (AvgIpc) is 2.83. The van der Waals surface area contributed by atoms with Crippen LogP contribution < -0.4 is 5.32 Å². The number of carbonyl (C=O) groups is 2. The standard InChI is InChI=1S/C25H20Cl3F9N2O2/c1-12(39(2)20(40)7-8-23(29,30)31)38-22(41)15-5-3-13(9-17(15)25(35,36)37)4-6-16(24(32,33)34)14-10-18(26)21(28)19(27)11-14/h3-6,9-12,16H,7-8H2,1-2H3,(H,38,41)/b6-4+/t12-,16?/m0/s1. The Bertz CT molecular complexity index is 1290. The van der Waals surface area contributed by atoms with E-state index in [2.05, 4.69) is 5.32 Å². The van der Waals surface area contributed by atoms with Gasteiger partial charge in [0.1, 0.15) is 6.17 Å². The number of benzene rings is 2. The van der Waals surface area contributed by atoms with Crippen molar-refractivity contribution in [2.75, 3.05) is 7.05 Å². The fourth-order valence-corrected chi connectivity index (χ4v) is 4.09. The van der Waals surface area contributed by atoms with Gasteiger partial charge in [0.2, 0.25) is 5.91 Å². The number of carbonyl (C=O) groups excluding carboxylic acids is 2. The Morgan fingerprint density at radius 3 is 2.00 bits per heavy atom. The molecule has 0 aliphatic heterocycles. The van der Waals surface area contributed by atoms with E-state index >= 15 is 0 Å². The molecule has 1 unspecified atom stereocenters. The van der Waals surface area contributed by atoms with Gasteiger partial charge < -0.3 is 10.2 Å². The maximum absolute atomic E-state index is 13.8. The Labute approximate surface area is 243 Å². The molecule has 0 heterocycles. The van der Waals surface area contributed by atoms with Crippen LogP contribution >= 0.6 is 34.8 Å². The third kappa shape index (κ3) is 9.71. The SMILES string of the molecule is C[C@@H](NC(=O)c1ccc(/C=C/C(c2cc(Cl)c(Cl)c(Cl)c2)C(F)(F)F)cc1C(F)(F)F)N(C)C(=O)CCC(F)(F)F. The lowest BCUT2D eigenvalue weighted by Gasteiger charge is -2.26. The summed E-state index contributed by atoms with van der Waals surface area (Å²) in [7, 11) is 1.06. The zero-order valence-electron chi connectivity index (χ0n) is 20.9. The Morgan fingerprint density at radius 2 is 1.51 bits per heavy atom. The second-order valence-corrected chi connectivity index (χ2v) is 9.94. The fourth-order valence-electron chi connectivity index (χ4n) is 3.47. The van der Waals surface area contributed by atoms with Gasteiger partial charge in [0.25, 0.3) is 5.91 Å². The van der Waals surface area contributed by atoms with Crippen LogP contribution in [-0.4, -0.2) is 42.3 Å². The average molecular weight is 658 g/mol. The molecular formula is C25H20Cl3F9N2O2. The van der Waals surface area contributed by atoms with Crippen LogP contribution in [0.5, 0.6) is 0 Å². The second-order valence-electron chi connectivity index (χ2n) is 8.75. The topological polar surface area (TPSA) is 49.4 Å². The molecular weight excluding hydrogens is 638 g/mol. The number of amides is 2. The van der Waals surface area contributed by atoms with Crippen molar-refractivity contribution >= 4 is 52.7 Å². The van der Waals surface area contributed by atoms with Gasteiger partial charge in [-0.15, -0.1) is 0 Å². The van der Waals surface area contributed by atoms with E-state index in [-0.39, 0.29) is 20.6 Å². The summed E-state index contributed by atoms with van der Waals surface area (Å²) in [6.45, 7) is 1.17. The van der Waals surface area contributed by atoms with Gasteiger partial charge in [-0.3, -0.25) is 9.59 Å². The number of hydrogen-bond acceptors (Lipinski definition) is 2. The first-order chi connectivity index (χ1) is 18.6. The predicted octanol–water partition coefficient (Wildman–Crippen LogP) is 8.90. The highest BCUT2D eigenvalue weighted by atomic mass is 35.5. The van der Waals surface area contributed by atoms with E-state index in [1.54, 1.807) is 0 Å². The number of nitrogens with zero attached hydrogens (tertiary/aromatic N) is 1. The van der Waals surface area contributed by atoms with E-state index in [1.807, 2.05) is 0 Å². The molecule has 2 amide bonds. The van der Waals surface area contributed by atoms with E-state index in [9.17, 15) is 49.1 Å². The molecule has 0 aromatic heterocycles. The van der Waals surface area contributed by atoms with Crippen LogP contribution in [0.2, 0.25) is 15.1 Å². The lowest BCUT2D eigenvalue weighted by Crippen LogP contribution is -2.47. The summed E-state index contributed by atoms with van der Waals surface area (Å²) in [5.41, 5.74) is -3.21. The van der Waals surface area contributed by atoms with Gasteiger partial charge >= 0.3 is 18.5 Å². The van der Waals surface area contributed by atoms with Crippen LogP contribution in [-0.2, 0) is 11.0 Å². The lowest BCUT2D eigenvalue weighted by atomic mass is 9.96. The fraction of sp³-hybridized carbons (Fsp3) is 0.360. The molecule has 0 fully saturated rings. The minimum Gasteiger partial charge on any atom is -0.332 e. The van der Waals surface area contributed by atoms with E-state index in [4.69, 9.17) is 34.8 Å². The molecule has 0 radical (unpaired) electrons. The van der Waals surface area contributed by atoms with Crippen molar-refractivity contribution in [1.82, 2.24) is 10.2 Å². The van der Waals surface area contributed by atoms with Crippen molar-refractivity contribution in [1.29, 1.82) is 0 Å². The Hall–Kier alpha value is -2.64. The number of rotatable bonds is 8. The highest BCUT2D eigenvalue weighted by Gasteiger charge is 2.40. The summed E-state index contributed by atoms with van der Waals surface area (Å²) in [4.78, 5) is 25.3. The quantitative estimate of drug-likeness (QED) is 0.175. The Morgan fingerprint density at radius 1 is 0.951 bits per heavy atom. The van der Waals surface area contributed by atoms with Gasteiger partial charge in [0.15, 0.2) is 0 Å². The number of halogens is 12. The van der Waals surface area contributed by atoms with Crippen molar-refractivity contribution in [2.24, 2.45) is 0 Å².